The van der Waals surface area contributed by atoms with E-state index in [9.17, 15) is 0 Å². The van der Waals surface area contributed by atoms with E-state index in [0.29, 0.717) is 0 Å². The van der Waals surface area contributed by atoms with Crippen molar-refractivity contribution in [1.82, 2.24) is 5.32 Å². The summed E-state index contributed by atoms with van der Waals surface area (Å²) in [5.41, 5.74) is 0. The van der Waals surface area contributed by atoms with Crippen molar-refractivity contribution in [2.24, 2.45) is 5.92 Å². The van der Waals surface area contributed by atoms with Crippen LogP contribution in [0.3, 0.4) is 0 Å². The lowest BCUT2D eigenvalue weighted by Gasteiger charge is -2.32. The Labute approximate surface area is 112 Å². The van der Waals surface area contributed by atoms with E-state index in [2.05, 4.69) is 30.9 Å². The summed E-state index contributed by atoms with van der Waals surface area (Å²) in [6, 6.07) is 1.55. The predicted octanol–water partition coefficient (Wildman–Crippen LogP) is 4.22. The first-order valence-electron chi connectivity index (χ1n) is 7.69. The molecule has 0 aliphatic heterocycles. The van der Waals surface area contributed by atoms with E-state index >= 15 is 0 Å². The minimum atomic E-state index is 0.748. The number of rotatable bonds is 5. The van der Waals surface area contributed by atoms with Crippen LogP contribution in [0.15, 0.2) is 0 Å². The molecule has 0 aromatic carbocycles. The lowest BCUT2D eigenvalue weighted by atomic mass is 9.84. The van der Waals surface area contributed by atoms with Gasteiger partial charge in [-0.3, -0.25) is 0 Å². The predicted molar refractivity (Wildman–Crippen MR) is 78.7 cm³/mol. The van der Waals surface area contributed by atoms with Crippen LogP contribution >= 0.6 is 11.8 Å². The molecule has 2 rings (SSSR count). The normalized spacial score (nSPS) is 32.8. The van der Waals surface area contributed by atoms with Crippen LogP contribution in [0, 0.1) is 5.92 Å². The lowest BCUT2D eigenvalue weighted by Crippen LogP contribution is -2.44. The van der Waals surface area contributed by atoms with Crippen molar-refractivity contribution in [3.63, 3.8) is 0 Å². The highest BCUT2D eigenvalue weighted by atomic mass is 32.2. The van der Waals surface area contributed by atoms with Gasteiger partial charge in [0, 0.05) is 17.3 Å². The fourth-order valence-corrected chi connectivity index (χ4v) is 4.85. The van der Waals surface area contributed by atoms with Gasteiger partial charge in [0.25, 0.3) is 0 Å². The molecule has 100 valence electrons. The number of hydrogen-bond acceptors (Lipinski definition) is 2. The van der Waals surface area contributed by atoms with Crippen molar-refractivity contribution in [2.45, 2.75) is 82.5 Å². The SMILES string of the molecule is CCSC1CCCC1NC(C)C1CCCCC1. The zero-order chi connectivity index (χ0) is 12.1. The van der Waals surface area contributed by atoms with Gasteiger partial charge in [-0.1, -0.05) is 32.6 Å². The van der Waals surface area contributed by atoms with Crippen molar-refractivity contribution in [3.05, 3.63) is 0 Å². The Bertz CT molecular complexity index is 213. The van der Waals surface area contributed by atoms with Crippen molar-refractivity contribution in [1.29, 1.82) is 0 Å². The minimum Gasteiger partial charge on any atom is -0.310 e. The molecule has 2 heteroatoms. The molecule has 1 nitrogen and oxygen atoms in total. The quantitative estimate of drug-likeness (QED) is 0.789. The van der Waals surface area contributed by atoms with Crippen molar-refractivity contribution < 1.29 is 0 Å². The van der Waals surface area contributed by atoms with Gasteiger partial charge in [0.05, 0.1) is 0 Å². The zero-order valence-corrected chi connectivity index (χ0v) is 12.4. The van der Waals surface area contributed by atoms with Crippen LogP contribution in [0.4, 0.5) is 0 Å². The van der Waals surface area contributed by atoms with E-state index in [1.54, 1.807) is 0 Å². The van der Waals surface area contributed by atoms with Crippen LogP contribution in [-0.4, -0.2) is 23.1 Å². The largest absolute Gasteiger partial charge is 0.310 e. The molecular weight excluding hydrogens is 226 g/mol. The summed E-state index contributed by atoms with van der Waals surface area (Å²) in [5.74, 6) is 2.23. The molecule has 17 heavy (non-hydrogen) atoms. The minimum absolute atomic E-state index is 0.748. The van der Waals surface area contributed by atoms with Gasteiger partial charge < -0.3 is 5.32 Å². The third-order valence-electron chi connectivity index (χ3n) is 4.67. The number of nitrogens with one attached hydrogen (secondary N) is 1. The molecule has 3 unspecified atom stereocenters. The molecule has 0 amide bonds. The van der Waals surface area contributed by atoms with Crippen LogP contribution in [-0.2, 0) is 0 Å². The Morgan fingerprint density at radius 3 is 2.53 bits per heavy atom. The average molecular weight is 255 g/mol. The first-order chi connectivity index (χ1) is 8.31. The number of hydrogen-bond donors (Lipinski definition) is 1. The summed E-state index contributed by atoms with van der Waals surface area (Å²) in [6.07, 6.45) is 11.6. The maximum absolute atomic E-state index is 3.96. The molecule has 1 N–H and O–H groups in total. The second kappa shape index (κ2) is 7.04. The molecule has 0 saturated heterocycles. The zero-order valence-electron chi connectivity index (χ0n) is 11.6. The summed E-state index contributed by atoms with van der Waals surface area (Å²) in [6.45, 7) is 4.73. The Kier molecular flexibility index (Phi) is 5.68. The fraction of sp³-hybridized carbons (Fsp3) is 1.00. The second-order valence-corrected chi connectivity index (χ2v) is 7.40. The fourth-order valence-electron chi connectivity index (χ4n) is 3.64. The Morgan fingerprint density at radius 1 is 1.06 bits per heavy atom. The molecule has 0 radical (unpaired) electrons. The maximum Gasteiger partial charge on any atom is 0.0201 e. The van der Waals surface area contributed by atoms with E-state index < -0.39 is 0 Å². The Morgan fingerprint density at radius 2 is 1.82 bits per heavy atom. The Hall–Kier alpha value is 0.310. The van der Waals surface area contributed by atoms with Gasteiger partial charge in [-0.2, -0.15) is 11.8 Å². The molecule has 0 aromatic heterocycles. The van der Waals surface area contributed by atoms with Gasteiger partial charge in [-0.05, 0) is 44.3 Å². The highest BCUT2D eigenvalue weighted by Gasteiger charge is 2.30. The molecule has 2 saturated carbocycles. The molecule has 0 aromatic rings. The highest BCUT2D eigenvalue weighted by molar-refractivity contribution is 7.99. The van der Waals surface area contributed by atoms with Crippen LogP contribution in [0.2, 0.25) is 0 Å². The van der Waals surface area contributed by atoms with Crippen LogP contribution in [0.25, 0.3) is 0 Å². The molecular formula is C15H29NS. The van der Waals surface area contributed by atoms with Crippen LogP contribution in [0.5, 0.6) is 0 Å². The monoisotopic (exact) mass is 255 g/mol. The van der Waals surface area contributed by atoms with E-state index in [4.69, 9.17) is 0 Å². The van der Waals surface area contributed by atoms with Gasteiger partial charge in [0.15, 0.2) is 0 Å². The van der Waals surface area contributed by atoms with E-state index in [0.717, 1.165) is 23.3 Å². The highest BCUT2D eigenvalue weighted by Crippen LogP contribution is 2.32. The second-order valence-electron chi connectivity index (χ2n) is 5.88. The molecule has 2 fully saturated rings. The summed E-state index contributed by atoms with van der Waals surface area (Å²) in [5, 5.41) is 4.86. The third-order valence-corrected chi connectivity index (χ3v) is 5.99. The number of thioether (sulfide) groups is 1. The molecule has 0 bridgehead atoms. The standard InChI is InChI=1S/C15H29NS/c1-3-17-15-11-7-10-14(15)16-12(2)13-8-5-4-6-9-13/h12-16H,3-11H2,1-2H3. The van der Waals surface area contributed by atoms with Crippen molar-refractivity contribution >= 4 is 11.8 Å². The molecule has 2 aliphatic rings. The maximum atomic E-state index is 3.96. The summed E-state index contributed by atoms with van der Waals surface area (Å²) in [7, 11) is 0. The Balaban J connectivity index is 1.78. The molecule has 0 heterocycles. The van der Waals surface area contributed by atoms with Gasteiger partial charge in [-0.25, -0.2) is 0 Å². The topological polar surface area (TPSA) is 12.0 Å². The van der Waals surface area contributed by atoms with Gasteiger partial charge in [0.2, 0.25) is 0 Å². The van der Waals surface area contributed by atoms with Gasteiger partial charge in [0.1, 0.15) is 0 Å². The first kappa shape index (κ1) is 13.7. The first-order valence-corrected chi connectivity index (χ1v) is 8.73. The van der Waals surface area contributed by atoms with Crippen molar-refractivity contribution in [3.8, 4) is 0 Å². The van der Waals surface area contributed by atoms with Crippen LogP contribution < -0.4 is 5.32 Å². The summed E-state index contributed by atoms with van der Waals surface area (Å²) < 4.78 is 0. The van der Waals surface area contributed by atoms with Crippen LogP contribution in [0.1, 0.15) is 65.2 Å². The van der Waals surface area contributed by atoms with Crippen molar-refractivity contribution in [2.75, 3.05) is 5.75 Å². The van der Waals surface area contributed by atoms with E-state index in [1.165, 1.54) is 57.1 Å². The summed E-state index contributed by atoms with van der Waals surface area (Å²) in [4.78, 5) is 0. The molecule has 0 spiro atoms. The molecule has 2 aliphatic carbocycles. The van der Waals surface area contributed by atoms with E-state index in [1.807, 2.05) is 0 Å². The lowest BCUT2D eigenvalue weighted by molar-refractivity contribution is 0.265. The summed E-state index contributed by atoms with van der Waals surface area (Å²) >= 11 is 2.17. The van der Waals surface area contributed by atoms with Gasteiger partial charge >= 0.3 is 0 Å². The van der Waals surface area contributed by atoms with Gasteiger partial charge in [-0.15, -0.1) is 0 Å². The van der Waals surface area contributed by atoms with E-state index in [-0.39, 0.29) is 0 Å². The average Bonchev–Trinajstić information content (AvgIpc) is 2.78. The molecule has 3 atom stereocenters. The smallest absolute Gasteiger partial charge is 0.0201 e. The third kappa shape index (κ3) is 3.89.